The zero-order valence-corrected chi connectivity index (χ0v) is 72.2. The Bertz CT molecular complexity index is 7360. The number of hydrogen-bond acceptors (Lipinski definition) is 30. The van der Waals surface area contributed by atoms with Crippen molar-refractivity contribution < 1.29 is 23.9 Å². The molecule has 6 aromatic carbocycles. The third-order valence-electron chi connectivity index (χ3n) is 17.3. The van der Waals surface area contributed by atoms with E-state index in [-0.39, 0.29) is 62.6 Å². The number of aromatic nitrogens is 24. The molecule has 18 rings (SSSR count). The van der Waals surface area contributed by atoms with Crippen molar-refractivity contribution in [2.45, 2.75) is 49.5 Å². The fourth-order valence-corrected chi connectivity index (χ4v) is 15.3. The molecular formula is C80H66Cl2N26O11S6. The van der Waals surface area contributed by atoms with Gasteiger partial charge in [-0.05, 0) is 104 Å². The summed E-state index contributed by atoms with van der Waals surface area (Å²) in [4.78, 5) is 148. The van der Waals surface area contributed by atoms with Crippen LogP contribution in [0.2, 0.25) is 10.0 Å². The van der Waals surface area contributed by atoms with Gasteiger partial charge in [0.2, 0.25) is 5.91 Å². The predicted octanol–water partition coefficient (Wildman–Crippen LogP) is 10.9. The van der Waals surface area contributed by atoms with E-state index in [9.17, 15) is 43.2 Å². The van der Waals surface area contributed by atoms with Crippen LogP contribution in [0.4, 0.5) is 0 Å². The number of nitriles is 1. The Morgan fingerprint density at radius 3 is 0.968 bits per heavy atom. The van der Waals surface area contributed by atoms with Crippen molar-refractivity contribution in [3.63, 3.8) is 0 Å². The first-order chi connectivity index (χ1) is 60.6. The Balaban J connectivity index is 0.000000129. The molecule has 0 aliphatic rings. The number of carbonyl (C=O) groups excluding carboxylic acids is 3. The van der Waals surface area contributed by atoms with Gasteiger partial charge in [0.15, 0.2) is 64.8 Å². The fraction of sp³-hybridized carbons (Fsp3) is 0.125. The molecule has 0 aliphatic carbocycles. The zero-order chi connectivity index (χ0) is 88.2. The van der Waals surface area contributed by atoms with Crippen LogP contribution in [0, 0.1) is 11.3 Å². The Hall–Kier alpha value is -14.0. The number of para-hydroxylation sites is 4. The molecule has 0 bridgehead atoms. The van der Waals surface area contributed by atoms with Crippen molar-refractivity contribution in [3.8, 4) is 40.2 Å². The molecule has 1 unspecified atom stereocenters. The van der Waals surface area contributed by atoms with Gasteiger partial charge in [0, 0.05) is 10.0 Å². The molecule has 0 spiro atoms. The van der Waals surface area contributed by atoms with E-state index in [0.29, 0.717) is 119 Å². The van der Waals surface area contributed by atoms with E-state index in [4.69, 9.17) is 38.9 Å². The molecule has 1 amide bonds. The van der Waals surface area contributed by atoms with Gasteiger partial charge in [-0.3, -0.25) is 43.2 Å². The van der Waals surface area contributed by atoms with Crippen molar-refractivity contribution in [2.24, 2.45) is 5.73 Å². The molecule has 18 aromatic rings. The molecule has 0 saturated heterocycles. The van der Waals surface area contributed by atoms with Crippen molar-refractivity contribution in [1.29, 1.82) is 5.26 Å². The van der Waals surface area contributed by atoms with E-state index in [1.807, 2.05) is 165 Å². The Kier molecular flexibility index (Phi) is 29.6. The molecule has 8 N–H and O–H groups in total. The number of nitrogens with two attached hydrogens (primary N) is 1. The average molecular weight is 1830 g/mol. The molecule has 0 fully saturated rings. The number of ether oxygens (including phenoxy) is 2. The van der Waals surface area contributed by atoms with Gasteiger partial charge >= 0.3 is 11.9 Å². The molecule has 0 saturated carbocycles. The lowest BCUT2D eigenvalue weighted by Gasteiger charge is -2.11. The van der Waals surface area contributed by atoms with Crippen LogP contribution in [0.3, 0.4) is 0 Å². The summed E-state index contributed by atoms with van der Waals surface area (Å²) in [6.07, 6.45) is 13.2. The minimum atomic E-state index is -0.473. The summed E-state index contributed by atoms with van der Waals surface area (Å²) in [5, 5.41) is 39.7. The smallest absolute Gasteiger partial charge is 0.319 e. The van der Waals surface area contributed by atoms with E-state index in [0.717, 1.165) is 63.7 Å². The maximum absolute atomic E-state index is 12.3. The van der Waals surface area contributed by atoms with Crippen LogP contribution >= 0.6 is 93.8 Å². The number of benzene rings is 6. The highest BCUT2D eigenvalue weighted by Crippen LogP contribution is 2.28. The lowest BCUT2D eigenvalue weighted by Crippen LogP contribution is -2.19. The number of aromatic amines is 6. The second kappa shape index (κ2) is 41.7. The van der Waals surface area contributed by atoms with Crippen LogP contribution in [0.1, 0.15) is 13.3 Å². The maximum atomic E-state index is 12.3. The van der Waals surface area contributed by atoms with Gasteiger partial charge in [-0.2, -0.15) is 35.9 Å². The number of carbonyl (C=O) groups is 3. The Morgan fingerprint density at radius 2 is 0.680 bits per heavy atom. The van der Waals surface area contributed by atoms with Gasteiger partial charge in [0.25, 0.3) is 33.4 Å². The molecule has 37 nitrogen and oxygen atoms in total. The summed E-state index contributed by atoms with van der Waals surface area (Å²) < 4.78 is 18.9. The number of H-pyrrole nitrogens is 6. The number of rotatable bonds is 20. The van der Waals surface area contributed by atoms with Gasteiger partial charge in [0.1, 0.15) is 37.6 Å². The Morgan fingerprint density at radius 1 is 0.400 bits per heavy atom. The number of esters is 2. The number of methoxy groups -OCH3 is 2. The monoisotopic (exact) mass is 1830 g/mol. The first-order valence-corrected chi connectivity index (χ1v) is 43.7. The number of nitrogens with zero attached hydrogens (tertiary/aromatic N) is 19. The minimum Gasteiger partial charge on any atom is -0.468 e. The van der Waals surface area contributed by atoms with Crippen LogP contribution in [0.15, 0.2) is 267 Å². The van der Waals surface area contributed by atoms with Gasteiger partial charge in [-0.1, -0.05) is 186 Å². The topological polar surface area (TPSA) is 501 Å². The van der Waals surface area contributed by atoms with E-state index in [2.05, 4.69) is 95.1 Å². The maximum Gasteiger partial charge on any atom is 0.319 e. The summed E-state index contributed by atoms with van der Waals surface area (Å²) >= 11 is 19.3. The summed E-state index contributed by atoms with van der Waals surface area (Å²) in [7, 11) is 2.64. The summed E-state index contributed by atoms with van der Waals surface area (Å²) in [5.74, 6) is -0.867. The van der Waals surface area contributed by atoms with E-state index >= 15 is 0 Å². The standard InChI is InChI=1S/C16H15ClN4O3S.C14H12N4O3S.C13H11N5O2S.C13H9N5OS.C12H9ClN4OS.C12H10N4OS/c1-3-12(15(23)24-2)25-16-19-13-11(14(22)20-16)8-18-21(13)10-6-4-5-9(17)7-10;1-21-11(19)8-22-14-16-12-10(13(20)17-14)7-15-18(12)9-5-3-2-4-6-9;14-10(19)7-21-13-16-11-9(12(20)17-13)6-15-18(11)8-4-2-1-3-5-8;14-6-7-20-13-16-11-10(12(19)17-13)8-15-18(11)9-4-2-1-3-5-9;1-19-12-15-10-9(11(18)16-12)6-14-17(10)8-4-2-3-7(13)5-8;1-18-12-14-10-9(11(17)15-12)7-13-16(10)8-5-3-2-4-6-8/h4-8,12H,3H2,1-2H3,(H,19,20,22);2-7H,8H2,1H3,(H,16,17,20);1-6H,7H2,(H2,14,19)(H,16,17,20);1-5,8H,7H2,(H,16,17,19);2-6H,1H3,(H,15,16,18);2-7H,1H3,(H,14,15,17). The molecule has 125 heavy (non-hydrogen) atoms. The third-order valence-corrected chi connectivity index (χ3v) is 22.6. The molecule has 0 aliphatic heterocycles. The second-order valence-corrected chi connectivity index (χ2v) is 31.8. The molecule has 0 radical (unpaired) electrons. The third kappa shape index (κ3) is 21.6. The summed E-state index contributed by atoms with van der Waals surface area (Å²) in [5.41, 5.74) is 11.2. The Labute approximate surface area is 738 Å². The van der Waals surface area contributed by atoms with Crippen LogP contribution in [-0.4, -0.2) is 186 Å². The highest BCUT2D eigenvalue weighted by atomic mass is 35.5. The molecule has 632 valence electrons. The van der Waals surface area contributed by atoms with Crippen molar-refractivity contribution >= 4 is 178 Å². The van der Waals surface area contributed by atoms with Gasteiger partial charge in [-0.25, -0.2) is 58.0 Å². The van der Waals surface area contributed by atoms with Gasteiger partial charge in [-0.15, -0.1) is 0 Å². The number of hydrogen-bond donors (Lipinski definition) is 7. The number of nitrogens with one attached hydrogen (secondary N) is 6. The predicted molar refractivity (Wildman–Crippen MR) is 481 cm³/mol. The largest absolute Gasteiger partial charge is 0.468 e. The van der Waals surface area contributed by atoms with Gasteiger partial charge < -0.3 is 45.1 Å². The summed E-state index contributed by atoms with van der Waals surface area (Å²) in [6, 6.07) is 54.2. The van der Waals surface area contributed by atoms with Crippen molar-refractivity contribution in [1.82, 2.24) is 118 Å². The minimum absolute atomic E-state index is 0.0495. The molecule has 12 heterocycles. The van der Waals surface area contributed by atoms with E-state index in [1.54, 1.807) is 58.4 Å². The van der Waals surface area contributed by atoms with Crippen LogP contribution in [0.25, 0.3) is 100 Å². The number of primary amides is 1. The normalized spacial score (nSPS) is 11.1. The SMILES string of the molecule is CCC(Sc1nc2c(cnn2-c2cccc(Cl)c2)c(=O)[nH]1)C(=O)OC.COC(=O)CSc1nc2c(cnn2-c2ccccc2)c(=O)[nH]1.CSc1nc2c(cnn2-c2cccc(Cl)c2)c(=O)[nH]1.CSc1nc2c(cnn2-c2ccccc2)c(=O)[nH]1.N#CCSc1nc2c(cnn2-c2ccccc2)c(=O)[nH]1.NC(=O)CSc1nc2c(cnn2-c2ccccc2)c(=O)[nH]1. The molecule has 45 heteroatoms. The lowest BCUT2D eigenvalue weighted by molar-refractivity contribution is -0.140. The summed E-state index contributed by atoms with van der Waals surface area (Å²) in [6.45, 7) is 1.86. The highest BCUT2D eigenvalue weighted by molar-refractivity contribution is 8.00. The quantitative estimate of drug-likeness (QED) is 0.0212. The number of halogens is 2. The second-order valence-electron chi connectivity index (χ2n) is 25.3. The van der Waals surface area contributed by atoms with Crippen molar-refractivity contribution in [3.05, 3.63) is 279 Å². The van der Waals surface area contributed by atoms with Crippen molar-refractivity contribution in [2.75, 3.05) is 44.0 Å². The number of fused-ring (bicyclic) bond motifs is 6. The average Bonchev–Trinajstić information content (AvgIpc) is 1.68. The molecular weight excluding hydrogens is 1760 g/mol. The fourth-order valence-electron chi connectivity index (χ4n) is 11.5. The van der Waals surface area contributed by atoms with Crippen LogP contribution < -0.4 is 39.1 Å². The number of thioether (sulfide) groups is 6. The lowest BCUT2D eigenvalue weighted by atomic mass is 10.3. The number of amides is 1. The highest BCUT2D eigenvalue weighted by Gasteiger charge is 2.23. The van der Waals surface area contributed by atoms with Gasteiger partial charge in [0.05, 0.1) is 109 Å². The first-order valence-electron chi connectivity index (χ1n) is 36.7. The molecule has 12 aromatic heterocycles. The van der Waals surface area contributed by atoms with Crippen LogP contribution in [0.5, 0.6) is 0 Å². The zero-order valence-electron chi connectivity index (χ0n) is 65.8. The van der Waals surface area contributed by atoms with E-state index < -0.39 is 11.2 Å². The van der Waals surface area contributed by atoms with Crippen LogP contribution in [-0.2, 0) is 23.9 Å². The first kappa shape index (κ1) is 88.8. The molecule has 1 atom stereocenters. The van der Waals surface area contributed by atoms with E-state index in [1.165, 1.54) is 86.7 Å².